The third kappa shape index (κ3) is 4.90. The fraction of sp³-hybridized carbons (Fsp3) is 0.0833. The number of rotatable bonds is 5. The summed E-state index contributed by atoms with van der Waals surface area (Å²) < 4.78 is 7.26. The highest BCUT2D eigenvalue weighted by molar-refractivity contribution is 6.31. The summed E-state index contributed by atoms with van der Waals surface area (Å²) in [5.74, 6) is 0.649. The molecule has 0 aliphatic rings. The monoisotopic (exact) mass is 438 g/mol. The van der Waals surface area contributed by atoms with Crippen LogP contribution in [-0.4, -0.2) is 13.0 Å². The van der Waals surface area contributed by atoms with Gasteiger partial charge < -0.3 is 22.5 Å². The lowest BCUT2D eigenvalue weighted by Gasteiger charge is -2.07. The Morgan fingerprint density at radius 1 is 0.967 bits per heavy atom. The van der Waals surface area contributed by atoms with Gasteiger partial charge in [-0.15, -0.1) is 0 Å². The van der Waals surface area contributed by atoms with Gasteiger partial charge in [-0.1, -0.05) is 41.9 Å². The Kier molecular flexibility index (Phi) is 6.93. The van der Waals surface area contributed by atoms with Crippen molar-refractivity contribution in [3.63, 3.8) is 0 Å². The van der Waals surface area contributed by atoms with Crippen molar-refractivity contribution >= 4 is 34.0 Å². The largest absolute Gasteiger partial charge is 1.00 e. The number of amides is 1. The molecule has 4 aromatic rings. The Morgan fingerprint density at radius 2 is 1.67 bits per heavy atom. The van der Waals surface area contributed by atoms with E-state index in [-0.39, 0.29) is 18.3 Å². The minimum Gasteiger partial charge on any atom is -1.00 e. The first kappa shape index (κ1) is 21.6. The van der Waals surface area contributed by atoms with Crippen LogP contribution in [0, 0.1) is 0 Å². The van der Waals surface area contributed by atoms with Crippen molar-refractivity contribution in [3.8, 4) is 5.75 Å². The average Bonchev–Trinajstić information content (AvgIpc) is 2.76. The number of benzene rings is 3. The highest BCUT2D eigenvalue weighted by atomic mass is 35.5. The maximum atomic E-state index is 12.6. The minimum atomic E-state index is -0.147. The Bertz CT molecular complexity index is 1180. The number of pyridine rings is 1. The third-order valence-corrected chi connectivity index (χ3v) is 5.14. The van der Waals surface area contributed by atoms with Crippen LogP contribution in [0.25, 0.3) is 10.8 Å². The summed E-state index contributed by atoms with van der Waals surface area (Å²) in [5.41, 5.74) is 2.39. The van der Waals surface area contributed by atoms with Crippen LogP contribution in [0.4, 0.5) is 5.69 Å². The number of halogens is 2. The van der Waals surface area contributed by atoms with Gasteiger partial charge in [0.2, 0.25) is 0 Å². The van der Waals surface area contributed by atoms with E-state index in [2.05, 4.69) is 5.32 Å². The van der Waals surface area contributed by atoms with Crippen LogP contribution in [0.2, 0.25) is 5.02 Å². The first-order chi connectivity index (χ1) is 14.1. The van der Waals surface area contributed by atoms with Crippen LogP contribution in [-0.2, 0) is 6.54 Å². The summed E-state index contributed by atoms with van der Waals surface area (Å²) in [4.78, 5) is 12.6. The summed E-state index contributed by atoms with van der Waals surface area (Å²) in [5, 5.41) is 5.71. The van der Waals surface area contributed by atoms with Gasteiger partial charge in [-0.25, -0.2) is 4.57 Å². The molecule has 4 rings (SSSR count). The number of anilines is 1. The standard InChI is InChI=1S/C24H19ClN2O2.ClH/c1-29-22-9-8-17-14-19(7-6-18(17)15-22)24(28)26-21-10-12-27(13-11-21)16-20-4-2-3-5-23(20)25;/h2-15H,16H2,1H3;1H. The SMILES string of the molecule is COc1ccc2cc(C(=O)Nc3cc[n+](Cc4ccccc4Cl)cc3)ccc2c1.[Cl-]. The van der Waals surface area contributed by atoms with Crippen LogP contribution in [0.3, 0.4) is 0 Å². The zero-order chi connectivity index (χ0) is 20.2. The van der Waals surface area contributed by atoms with E-state index in [0.29, 0.717) is 12.1 Å². The van der Waals surface area contributed by atoms with Gasteiger partial charge >= 0.3 is 0 Å². The van der Waals surface area contributed by atoms with Crippen LogP contribution in [0.1, 0.15) is 15.9 Å². The number of fused-ring (bicyclic) bond motifs is 1. The van der Waals surface area contributed by atoms with Crippen molar-refractivity contribution in [1.82, 2.24) is 0 Å². The lowest BCUT2D eigenvalue weighted by Crippen LogP contribution is -3.00. The Labute approximate surface area is 186 Å². The zero-order valence-corrected chi connectivity index (χ0v) is 17.8. The molecule has 30 heavy (non-hydrogen) atoms. The molecule has 0 saturated heterocycles. The second kappa shape index (κ2) is 9.61. The fourth-order valence-corrected chi connectivity index (χ4v) is 3.36. The van der Waals surface area contributed by atoms with Crippen molar-refractivity contribution in [1.29, 1.82) is 0 Å². The number of nitrogens with one attached hydrogen (secondary N) is 1. The quantitative estimate of drug-likeness (QED) is 0.484. The van der Waals surface area contributed by atoms with Crippen molar-refractivity contribution in [2.45, 2.75) is 6.54 Å². The molecule has 1 N–H and O–H groups in total. The molecule has 0 bridgehead atoms. The van der Waals surface area contributed by atoms with Crippen LogP contribution in [0.5, 0.6) is 5.75 Å². The van der Waals surface area contributed by atoms with Crippen molar-refractivity contribution < 1.29 is 26.5 Å². The van der Waals surface area contributed by atoms with Gasteiger partial charge in [-0.2, -0.15) is 0 Å². The Morgan fingerprint density at radius 3 is 2.40 bits per heavy atom. The number of hydrogen-bond acceptors (Lipinski definition) is 2. The van der Waals surface area contributed by atoms with Crippen LogP contribution in [0.15, 0.2) is 85.2 Å². The normalized spacial score (nSPS) is 10.3. The van der Waals surface area contributed by atoms with E-state index >= 15 is 0 Å². The van der Waals surface area contributed by atoms with Gasteiger partial charge in [0.05, 0.1) is 17.8 Å². The molecule has 152 valence electrons. The molecule has 0 aliphatic heterocycles. The van der Waals surface area contributed by atoms with Gasteiger partial charge in [0.15, 0.2) is 18.9 Å². The predicted octanol–water partition coefficient (Wildman–Crippen LogP) is 2.09. The smallest absolute Gasteiger partial charge is 0.255 e. The molecule has 3 aromatic carbocycles. The lowest BCUT2D eigenvalue weighted by atomic mass is 10.1. The maximum absolute atomic E-state index is 12.6. The van der Waals surface area contributed by atoms with E-state index < -0.39 is 0 Å². The minimum absolute atomic E-state index is 0. The molecule has 0 saturated carbocycles. The number of nitrogens with zero attached hydrogens (tertiary/aromatic N) is 1. The molecule has 4 nitrogen and oxygen atoms in total. The Hall–Kier alpha value is -3.08. The number of hydrogen-bond donors (Lipinski definition) is 1. The van der Waals surface area contributed by atoms with Crippen molar-refractivity contribution in [2.75, 3.05) is 12.4 Å². The zero-order valence-electron chi connectivity index (χ0n) is 16.3. The van der Waals surface area contributed by atoms with Crippen LogP contribution < -0.4 is 27.0 Å². The van der Waals surface area contributed by atoms with E-state index in [1.54, 1.807) is 7.11 Å². The second-order valence-electron chi connectivity index (χ2n) is 6.73. The Balaban J connectivity index is 0.00000256. The second-order valence-corrected chi connectivity index (χ2v) is 7.14. The molecule has 0 fully saturated rings. The van der Waals surface area contributed by atoms with Gasteiger partial charge in [-0.3, -0.25) is 4.79 Å². The molecule has 1 heterocycles. The molecular weight excluding hydrogens is 419 g/mol. The van der Waals surface area contributed by atoms with E-state index in [1.165, 1.54) is 0 Å². The topological polar surface area (TPSA) is 42.2 Å². The lowest BCUT2D eigenvalue weighted by molar-refractivity contribution is -0.688. The number of carbonyl (C=O) groups is 1. The fourth-order valence-electron chi connectivity index (χ4n) is 3.16. The van der Waals surface area contributed by atoms with E-state index in [4.69, 9.17) is 16.3 Å². The molecule has 0 radical (unpaired) electrons. The molecule has 0 unspecified atom stereocenters. The number of aromatic nitrogens is 1. The molecule has 0 aliphatic carbocycles. The van der Waals surface area contributed by atoms with E-state index in [1.807, 2.05) is 89.8 Å². The summed E-state index contributed by atoms with van der Waals surface area (Å²) in [6.45, 7) is 0.669. The maximum Gasteiger partial charge on any atom is 0.255 e. The highest BCUT2D eigenvalue weighted by Gasteiger charge is 2.10. The number of methoxy groups -OCH3 is 1. The van der Waals surface area contributed by atoms with Gasteiger partial charge in [-0.05, 0) is 41.1 Å². The molecule has 1 aromatic heterocycles. The van der Waals surface area contributed by atoms with E-state index in [9.17, 15) is 4.79 Å². The molecule has 0 spiro atoms. The third-order valence-electron chi connectivity index (χ3n) is 4.77. The number of carbonyl (C=O) groups excluding carboxylic acids is 1. The van der Waals surface area contributed by atoms with Gasteiger partial charge in [0, 0.05) is 23.3 Å². The number of ether oxygens (including phenoxy) is 1. The van der Waals surface area contributed by atoms with Gasteiger partial charge in [0.1, 0.15) is 5.75 Å². The van der Waals surface area contributed by atoms with Crippen molar-refractivity contribution in [3.05, 3.63) is 101 Å². The average molecular weight is 439 g/mol. The first-order valence-electron chi connectivity index (χ1n) is 9.24. The molecular formula is C24H20Cl2N2O2. The highest BCUT2D eigenvalue weighted by Crippen LogP contribution is 2.22. The summed E-state index contributed by atoms with van der Waals surface area (Å²) >= 11 is 6.22. The summed E-state index contributed by atoms with van der Waals surface area (Å²) in [6, 6.07) is 22.9. The predicted molar refractivity (Wildman–Crippen MR) is 116 cm³/mol. The summed E-state index contributed by atoms with van der Waals surface area (Å²) in [7, 11) is 1.64. The van der Waals surface area contributed by atoms with E-state index in [0.717, 1.165) is 32.8 Å². The molecule has 0 atom stereocenters. The first-order valence-corrected chi connectivity index (χ1v) is 9.62. The van der Waals surface area contributed by atoms with Crippen molar-refractivity contribution in [2.24, 2.45) is 0 Å². The molecule has 6 heteroatoms. The van der Waals surface area contributed by atoms with Crippen LogP contribution >= 0.6 is 11.6 Å². The molecule has 1 amide bonds. The van der Waals surface area contributed by atoms with Gasteiger partial charge in [0.25, 0.3) is 5.91 Å². The summed E-state index contributed by atoms with van der Waals surface area (Å²) in [6.07, 6.45) is 3.84.